The predicted molar refractivity (Wildman–Crippen MR) is 98.1 cm³/mol. The van der Waals surface area contributed by atoms with Gasteiger partial charge in [0.15, 0.2) is 0 Å². The first kappa shape index (κ1) is 14.4. The molecular formula is C22H18N2O2. The molecule has 2 saturated carbocycles. The van der Waals surface area contributed by atoms with E-state index in [4.69, 9.17) is 0 Å². The van der Waals surface area contributed by atoms with Crippen molar-refractivity contribution in [1.82, 2.24) is 5.01 Å². The minimum atomic E-state index is -0.189. The summed E-state index contributed by atoms with van der Waals surface area (Å²) in [7, 11) is 0. The summed E-state index contributed by atoms with van der Waals surface area (Å²) in [6.45, 7) is 0. The fraction of sp³-hybridized carbons (Fsp3) is 0.318. The third-order valence-corrected chi connectivity index (χ3v) is 6.78. The fourth-order valence-corrected chi connectivity index (χ4v) is 5.54. The summed E-state index contributed by atoms with van der Waals surface area (Å²) in [4.78, 5) is 25.9. The van der Waals surface area contributed by atoms with E-state index < -0.39 is 0 Å². The van der Waals surface area contributed by atoms with Crippen molar-refractivity contribution in [3.8, 4) is 0 Å². The van der Waals surface area contributed by atoms with Crippen LogP contribution in [0.1, 0.15) is 12.0 Å². The smallest absolute Gasteiger partial charge is 0.254 e. The summed E-state index contributed by atoms with van der Waals surface area (Å²) < 4.78 is 0. The summed E-state index contributed by atoms with van der Waals surface area (Å²) >= 11 is 0. The molecule has 0 N–H and O–H groups in total. The van der Waals surface area contributed by atoms with Crippen LogP contribution in [0, 0.1) is 35.5 Å². The Bertz CT molecular complexity index is 982. The molecule has 2 aromatic carbocycles. The number of imide groups is 1. The second kappa shape index (κ2) is 4.91. The van der Waals surface area contributed by atoms with Gasteiger partial charge in [0.1, 0.15) is 0 Å². The lowest BCUT2D eigenvalue weighted by Crippen LogP contribution is -2.40. The second-order valence-electron chi connectivity index (χ2n) is 7.96. The quantitative estimate of drug-likeness (QED) is 0.478. The van der Waals surface area contributed by atoms with Crippen LogP contribution in [0.2, 0.25) is 0 Å². The Kier molecular flexibility index (Phi) is 2.72. The van der Waals surface area contributed by atoms with Gasteiger partial charge in [-0.3, -0.25) is 9.59 Å². The molecule has 3 fully saturated rings. The van der Waals surface area contributed by atoms with E-state index in [1.807, 2.05) is 42.5 Å². The molecule has 1 aliphatic heterocycles. The Morgan fingerprint density at radius 2 is 1.54 bits per heavy atom. The van der Waals surface area contributed by atoms with E-state index in [9.17, 15) is 9.59 Å². The third-order valence-electron chi connectivity index (χ3n) is 6.78. The molecule has 1 heterocycles. The van der Waals surface area contributed by atoms with E-state index in [1.54, 1.807) is 6.21 Å². The van der Waals surface area contributed by atoms with Gasteiger partial charge in [0.25, 0.3) is 11.8 Å². The van der Waals surface area contributed by atoms with Gasteiger partial charge in [0.2, 0.25) is 0 Å². The van der Waals surface area contributed by atoms with Gasteiger partial charge in [-0.2, -0.15) is 10.1 Å². The Morgan fingerprint density at radius 3 is 2.27 bits per heavy atom. The van der Waals surface area contributed by atoms with E-state index in [2.05, 4.69) is 17.3 Å². The molecule has 7 rings (SSSR count). The van der Waals surface area contributed by atoms with Gasteiger partial charge in [-0.25, -0.2) is 0 Å². The number of amides is 2. The van der Waals surface area contributed by atoms with Gasteiger partial charge in [-0.15, -0.1) is 0 Å². The zero-order chi connectivity index (χ0) is 17.4. The summed E-state index contributed by atoms with van der Waals surface area (Å²) in [5.41, 5.74) is 0.919. The molecule has 6 atom stereocenters. The number of allylic oxidation sites excluding steroid dienone is 2. The van der Waals surface area contributed by atoms with Crippen LogP contribution in [0.15, 0.2) is 59.7 Å². The zero-order valence-electron chi connectivity index (χ0n) is 14.2. The van der Waals surface area contributed by atoms with Crippen LogP contribution < -0.4 is 0 Å². The van der Waals surface area contributed by atoms with E-state index >= 15 is 0 Å². The third kappa shape index (κ3) is 1.77. The van der Waals surface area contributed by atoms with Gasteiger partial charge >= 0.3 is 0 Å². The van der Waals surface area contributed by atoms with Gasteiger partial charge in [0, 0.05) is 5.56 Å². The Balaban J connectivity index is 1.36. The average Bonchev–Trinajstić information content (AvgIpc) is 3.45. The standard InChI is InChI=1S/C22H18N2O2/c25-21-19-15-8-9-16(18-10-17(15)18)20(19)22(26)24(21)23-11-13-6-3-5-12-4-1-2-7-14(12)13/h1-9,11,15-20H,10H2/b23-11-/t15-,16-,17-,18-,19+,20+/m1/s1. The van der Waals surface area contributed by atoms with E-state index in [-0.39, 0.29) is 35.5 Å². The molecule has 2 amide bonds. The molecule has 0 radical (unpaired) electrons. The highest BCUT2D eigenvalue weighted by molar-refractivity contribution is 6.07. The number of hydrazone groups is 1. The van der Waals surface area contributed by atoms with Gasteiger partial charge < -0.3 is 0 Å². The summed E-state index contributed by atoms with van der Waals surface area (Å²) in [6, 6.07) is 14.0. The topological polar surface area (TPSA) is 49.7 Å². The summed E-state index contributed by atoms with van der Waals surface area (Å²) in [5, 5.41) is 7.68. The van der Waals surface area contributed by atoms with Crippen LogP contribution in [-0.2, 0) is 9.59 Å². The van der Waals surface area contributed by atoms with Crippen molar-refractivity contribution in [3.63, 3.8) is 0 Å². The van der Waals surface area contributed by atoms with Crippen molar-refractivity contribution < 1.29 is 9.59 Å². The predicted octanol–water partition coefficient (Wildman–Crippen LogP) is 3.23. The summed E-state index contributed by atoms with van der Waals surface area (Å²) in [6.07, 6.45) is 7.20. The highest BCUT2D eigenvalue weighted by Gasteiger charge is 2.67. The maximum Gasteiger partial charge on any atom is 0.254 e. The number of carbonyl (C=O) groups is 2. The average molecular weight is 342 g/mol. The number of fused-ring (bicyclic) bond motifs is 1. The number of rotatable bonds is 2. The lowest BCUT2D eigenvalue weighted by molar-refractivity contribution is -0.140. The number of nitrogens with zero attached hydrogens (tertiary/aromatic N) is 2. The molecule has 4 heteroatoms. The second-order valence-corrected chi connectivity index (χ2v) is 7.96. The zero-order valence-corrected chi connectivity index (χ0v) is 14.2. The molecular weight excluding hydrogens is 324 g/mol. The minimum absolute atomic E-state index is 0.110. The molecule has 1 saturated heterocycles. The molecule has 4 nitrogen and oxygen atoms in total. The van der Waals surface area contributed by atoms with Crippen molar-refractivity contribution in [2.45, 2.75) is 6.42 Å². The molecule has 2 aromatic rings. The highest BCUT2D eigenvalue weighted by atomic mass is 16.2. The highest BCUT2D eigenvalue weighted by Crippen LogP contribution is 2.65. The van der Waals surface area contributed by atoms with E-state index in [1.165, 1.54) is 6.42 Å². The van der Waals surface area contributed by atoms with E-state index in [0.717, 1.165) is 21.3 Å². The molecule has 2 bridgehead atoms. The normalized spacial score (nSPS) is 36.8. The first-order valence-corrected chi connectivity index (χ1v) is 9.32. The SMILES string of the molecule is O=C1[C@H]2[C@@H]3C=C[C@H]([C@H]4C[C@H]34)[C@@H]2C(=O)N1/N=C\c1cccc2ccccc12. The van der Waals surface area contributed by atoms with E-state index in [0.29, 0.717) is 11.8 Å². The number of hydrogen-bond acceptors (Lipinski definition) is 3. The van der Waals surface area contributed by atoms with Crippen molar-refractivity contribution in [3.05, 3.63) is 60.2 Å². The molecule has 128 valence electrons. The largest absolute Gasteiger partial charge is 0.272 e. The van der Waals surface area contributed by atoms with Crippen molar-refractivity contribution in [1.29, 1.82) is 0 Å². The maximum absolute atomic E-state index is 12.9. The van der Waals surface area contributed by atoms with Crippen molar-refractivity contribution in [2.24, 2.45) is 40.6 Å². The van der Waals surface area contributed by atoms with Crippen LogP contribution in [0.4, 0.5) is 0 Å². The Hall–Kier alpha value is -2.75. The Morgan fingerprint density at radius 1 is 0.885 bits per heavy atom. The fourth-order valence-electron chi connectivity index (χ4n) is 5.54. The van der Waals surface area contributed by atoms with Crippen LogP contribution in [0.25, 0.3) is 10.8 Å². The lowest BCUT2D eigenvalue weighted by Gasteiger charge is -2.37. The maximum atomic E-state index is 12.9. The number of benzene rings is 2. The van der Waals surface area contributed by atoms with Crippen LogP contribution in [-0.4, -0.2) is 23.0 Å². The Labute approximate surface area is 151 Å². The number of hydrogen-bond donors (Lipinski definition) is 0. The molecule has 0 spiro atoms. The molecule has 4 aliphatic carbocycles. The molecule has 0 aromatic heterocycles. The first-order valence-electron chi connectivity index (χ1n) is 9.32. The number of carbonyl (C=O) groups excluding carboxylic acids is 2. The van der Waals surface area contributed by atoms with Crippen LogP contribution >= 0.6 is 0 Å². The van der Waals surface area contributed by atoms with Crippen LogP contribution in [0.5, 0.6) is 0 Å². The summed E-state index contributed by atoms with van der Waals surface area (Å²) in [5.74, 6) is 1.11. The molecule has 26 heavy (non-hydrogen) atoms. The monoisotopic (exact) mass is 342 g/mol. The molecule has 5 aliphatic rings. The lowest BCUT2D eigenvalue weighted by atomic mass is 9.63. The van der Waals surface area contributed by atoms with Gasteiger partial charge in [-0.1, -0.05) is 54.6 Å². The van der Waals surface area contributed by atoms with Gasteiger partial charge in [0.05, 0.1) is 18.1 Å². The molecule has 0 unspecified atom stereocenters. The minimum Gasteiger partial charge on any atom is -0.272 e. The van der Waals surface area contributed by atoms with Crippen molar-refractivity contribution in [2.75, 3.05) is 0 Å². The first-order chi connectivity index (χ1) is 12.7. The van der Waals surface area contributed by atoms with Crippen LogP contribution in [0.3, 0.4) is 0 Å². The van der Waals surface area contributed by atoms with Crippen molar-refractivity contribution >= 4 is 28.8 Å². The van der Waals surface area contributed by atoms with Gasteiger partial charge in [-0.05, 0) is 40.9 Å².